The third-order valence-corrected chi connectivity index (χ3v) is 4.46. The van der Waals surface area contributed by atoms with E-state index in [-0.39, 0.29) is 0 Å². The SMILES string of the molecule is Cc1cc(C)n(-c2ccc(Oc3ncnc4c3CN(C)CC4)cc2)n1. The summed E-state index contributed by atoms with van der Waals surface area (Å²) in [6, 6.07) is 9.98. The average molecular weight is 335 g/mol. The topological polar surface area (TPSA) is 56.1 Å². The van der Waals surface area contributed by atoms with Gasteiger partial charge in [-0.05, 0) is 51.2 Å². The van der Waals surface area contributed by atoms with Crippen LogP contribution < -0.4 is 4.74 Å². The first kappa shape index (κ1) is 15.8. The number of hydrogen-bond acceptors (Lipinski definition) is 5. The van der Waals surface area contributed by atoms with Gasteiger partial charge in [0.2, 0.25) is 5.88 Å². The molecule has 0 saturated carbocycles. The first-order chi connectivity index (χ1) is 12.1. The summed E-state index contributed by atoms with van der Waals surface area (Å²) in [7, 11) is 2.10. The maximum Gasteiger partial charge on any atom is 0.227 e. The molecule has 0 spiro atoms. The van der Waals surface area contributed by atoms with Crippen LogP contribution in [0.3, 0.4) is 0 Å². The van der Waals surface area contributed by atoms with Gasteiger partial charge < -0.3 is 9.64 Å². The minimum atomic E-state index is 0.649. The lowest BCUT2D eigenvalue weighted by molar-refractivity contribution is 0.300. The van der Waals surface area contributed by atoms with Crippen LogP contribution in [-0.4, -0.2) is 38.2 Å². The lowest BCUT2D eigenvalue weighted by Crippen LogP contribution is -2.27. The third-order valence-electron chi connectivity index (χ3n) is 4.46. The number of rotatable bonds is 3. The zero-order valence-corrected chi connectivity index (χ0v) is 14.7. The molecule has 6 nitrogen and oxygen atoms in total. The molecule has 0 N–H and O–H groups in total. The van der Waals surface area contributed by atoms with Gasteiger partial charge in [0.05, 0.1) is 22.6 Å². The summed E-state index contributed by atoms with van der Waals surface area (Å²) < 4.78 is 7.98. The minimum Gasteiger partial charge on any atom is -0.439 e. The van der Waals surface area contributed by atoms with Crippen molar-refractivity contribution in [1.82, 2.24) is 24.6 Å². The molecule has 1 aliphatic heterocycles. The Morgan fingerprint density at radius 3 is 2.60 bits per heavy atom. The second-order valence-electron chi connectivity index (χ2n) is 6.53. The van der Waals surface area contributed by atoms with E-state index in [1.807, 2.05) is 42.8 Å². The van der Waals surface area contributed by atoms with Gasteiger partial charge in [-0.25, -0.2) is 14.6 Å². The Morgan fingerprint density at radius 2 is 1.88 bits per heavy atom. The number of nitrogens with zero attached hydrogens (tertiary/aromatic N) is 5. The first-order valence-corrected chi connectivity index (χ1v) is 8.43. The van der Waals surface area contributed by atoms with E-state index in [2.05, 4.69) is 33.1 Å². The van der Waals surface area contributed by atoms with Crippen molar-refractivity contribution < 1.29 is 4.74 Å². The largest absolute Gasteiger partial charge is 0.439 e. The van der Waals surface area contributed by atoms with E-state index in [1.165, 1.54) is 0 Å². The fourth-order valence-corrected chi connectivity index (χ4v) is 3.20. The van der Waals surface area contributed by atoms with Crippen LogP contribution >= 0.6 is 0 Å². The van der Waals surface area contributed by atoms with Crippen LogP contribution in [0.4, 0.5) is 0 Å². The Bertz CT molecular complexity index is 901. The third kappa shape index (κ3) is 3.13. The summed E-state index contributed by atoms with van der Waals surface area (Å²) >= 11 is 0. The number of ether oxygens (including phenoxy) is 1. The number of aryl methyl sites for hydroxylation is 2. The van der Waals surface area contributed by atoms with Crippen LogP contribution in [0, 0.1) is 13.8 Å². The predicted molar refractivity (Wildman–Crippen MR) is 95.2 cm³/mol. The minimum absolute atomic E-state index is 0.649. The quantitative estimate of drug-likeness (QED) is 0.736. The Balaban J connectivity index is 1.59. The fraction of sp³-hybridized carbons (Fsp3) is 0.316. The highest BCUT2D eigenvalue weighted by atomic mass is 16.5. The van der Waals surface area contributed by atoms with Crippen LogP contribution in [0.5, 0.6) is 11.6 Å². The number of aromatic nitrogens is 4. The van der Waals surface area contributed by atoms with Crippen molar-refractivity contribution in [3.63, 3.8) is 0 Å². The maximum absolute atomic E-state index is 6.04. The van der Waals surface area contributed by atoms with Crippen LogP contribution in [0.25, 0.3) is 5.69 Å². The molecule has 0 fully saturated rings. The highest BCUT2D eigenvalue weighted by Gasteiger charge is 2.20. The van der Waals surface area contributed by atoms with Crippen molar-refractivity contribution in [1.29, 1.82) is 0 Å². The van der Waals surface area contributed by atoms with Crippen LogP contribution in [-0.2, 0) is 13.0 Å². The molecule has 1 aromatic carbocycles. The summed E-state index contributed by atoms with van der Waals surface area (Å²) in [5.41, 5.74) is 5.30. The van der Waals surface area contributed by atoms with Crippen LogP contribution in [0.1, 0.15) is 22.6 Å². The van der Waals surface area contributed by atoms with Crippen LogP contribution in [0.2, 0.25) is 0 Å². The Labute approximate surface area is 147 Å². The van der Waals surface area contributed by atoms with Gasteiger partial charge in [0.25, 0.3) is 0 Å². The van der Waals surface area contributed by atoms with E-state index in [0.29, 0.717) is 5.88 Å². The molecule has 0 saturated heterocycles. The van der Waals surface area contributed by atoms with Crippen molar-refractivity contribution in [3.05, 3.63) is 59.3 Å². The molecule has 2 aromatic heterocycles. The van der Waals surface area contributed by atoms with Crippen molar-refractivity contribution in [3.8, 4) is 17.3 Å². The standard InChI is InChI=1S/C19H21N5O/c1-13-10-14(2)24(22-13)15-4-6-16(7-5-15)25-19-17-11-23(3)9-8-18(17)20-12-21-19/h4-7,10,12H,8-9,11H2,1-3H3. The fourth-order valence-electron chi connectivity index (χ4n) is 3.20. The second-order valence-corrected chi connectivity index (χ2v) is 6.53. The molecule has 128 valence electrons. The lowest BCUT2D eigenvalue weighted by Gasteiger charge is -2.25. The predicted octanol–water partition coefficient (Wildman–Crippen LogP) is 3.06. The monoisotopic (exact) mass is 335 g/mol. The maximum atomic E-state index is 6.04. The molecule has 0 aliphatic carbocycles. The zero-order chi connectivity index (χ0) is 17.4. The molecule has 0 amide bonds. The van der Waals surface area contributed by atoms with E-state index < -0.39 is 0 Å². The van der Waals surface area contributed by atoms with Crippen molar-refractivity contribution in [2.75, 3.05) is 13.6 Å². The summed E-state index contributed by atoms with van der Waals surface area (Å²) in [4.78, 5) is 11.0. The van der Waals surface area contributed by atoms with E-state index in [1.54, 1.807) is 6.33 Å². The van der Waals surface area contributed by atoms with E-state index in [0.717, 1.165) is 53.6 Å². The Morgan fingerprint density at radius 1 is 1.08 bits per heavy atom. The summed E-state index contributed by atoms with van der Waals surface area (Å²) in [5, 5.41) is 4.51. The second kappa shape index (κ2) is 6.29. The van der Waals surface area contributed by atoms with Crippen LogP contribution in [0.15, 0.2) is 36.7 Å². The summed E-state index contributed by atoms with van der Waals surface area (Å²) in [6.07, 6.45) is 2.52. The molecule has 3 aromatic rings. The van der Waals surface area contributed by atoms with Gasteiger partial charge in [0.1, 0.15) is 12.1 Å². The molecule has 1 aliphatic rings. The van der Waals surface area contributed by atoms with Gasteiger partial charge in [-0.15, -0.1) is 0 Å². The molecule has 6 heteroatoms. The van der Waals surface area contributed by atoms with Crippen molar-refractivity contribution in [2.45, 2.75) is 26.8 Å². The van der Waals surface area contributed by atoms with E-state index in [4.69, 9.17) is 4.74 Å². The number of benzene rings is 1. The van der Waals surface area contributed by atoms with Gasteiger partial charge in [0, 0.05) is 25.2 Å². The van der Waals surface area contributed by atoms with Gasteiger partial charge in [-0.1, -0.05) is 0 Å². The van der Waals surface area contributed by atoms with Crippen molar-refractivity contribution in [2.24, 2.45) is 0 Å². The highest BCUT2D eigenvalue weighted by molar-refractivity contribution is 5.41. The molecule has 0 radical (unpaired) electrons. The highest BCUT2D eigenvalue weighted by Crippen LogP contribution is 2.28. The van der Waals surface area contributed by atoms with Gasteiger partial charge in [0.15, 0.2) is 0 Å². The van der Waals surface area contributed by atoms with Crippen molar-refractivity contribution >= 4 is 0 Å². The Kier molecular flexibility index (Phi) is 3.97. The molecule has 0 bridgehead atoms. The number of likely N-dealkylation sites (N-methyl/N-ethyl adjacent to an activating group) is 1. The lowest BCUT2D eigenvalue weighted by atomic mass is 10.1. The normalized spacial score (nSPS) is 14.4. The first-order valence-electron chi connectivity index (χ1n) is 8.43. The average Bonchev–Trinajstić information content (AvgIpc) is 2.94. The van der Waals surface area contributed by atoms with Gasteiger partial charge >= 0.3 is 0 Å². The molecule has 3 heterocycles. The molecule has 25 heavy (non-hydrogen) atoms. The molecular formula is C19H21N5O. The Hall–Kier alpha value is -2.73. The molecule has 0 unspecified atom stereocenters. The zero-order valence-electron chi connectivity index (χ0n) is 14.7. The molecule has 0 atom stereocenters. The number of hydrogen-bond donors (Lipinski definition) is 0. The van der Waals surface area contributed by atoms with Gasteiger partial charge in [-0.3, -0.25) is 0 Å². The summed E-state index contributed by atoms with van der Waals surface area (Å²) in [6.45, 7) is 5.88. The summed E-state index contributed by atoms with van der Waals surface area (Å²) in [5.74, 6) is 1.41. The van der Waals surface area contributed by atoms with E-state index >= 15 is 0 Å². The number of fused-ring (bicyclic) bond motifs is 1. The van der Waals surface area contributed by atoms with Gasteiger partial charge in [-0.2, -0.15) is 5.10 Å². The van der Waals surface area contributed by atoms with E-state index in [9.17, 15) is 0 Å². The molecule has 4 rings (SSSR count). The smallest absolute Gasteiger partial charge is 0.227 e. The molecular weight excluding hydrogens is 314 g/mol.